The maximum absolute atomic E-state index is 13.1. The molecule has 10 nitrogen and oxygen atoms in total. The molecule has 6 bridgehead atoms. The van der Waals surface area contributed by atoms with E-state index < -0.39 is 81.1 Å². The van der Waals surface area contributed by atoms with Gasteiger partial charge in [0.05, 0.1) is 17.6 Å². The number of rotatable bonds is 3. The van der Waals surface area contributed by atoms with Gasteiger partial charge in [-0.3, -0.25) is 0 Å². The number of hydrogen-bond donors (Lipinski definition) is 7. The lowest BCUT2D eigenvalue weighted by molar-refractivity contribution is -0.391. The van der Waals surface area contributed by atoms with E-state index in [4.69, 9.17) is 9.47 Å². The summed E-state index contributed by atoms with van der Waals surface area (Å²) in [5.74, 6) is -5.47. The number of hydrogen-bond acceptors (Lipinski definition) is 9. The Morgan fingerprint density at radius 2 is 1.86 bits per heavy atom. The maximum atomic E-state index is 13.1. The van der Waals surface area contributed by atoms with Crippen LogP contribution in [-0.2, 0) is 9.47 Å². The maximum Gasteiger partial charge on any atom is 0.355 e. The average molecular weight is 494 g/mol. The van der Waals surface area contributed by atoms with E-state index in [1.807, 2.05) is 0 Å². The molecular formula is C25H35NO9. The molecule has 0 radical (unpaired) electrons. The first-order valence-corrected chi connectivity index (χ1v) is 12.4. The summed E-state index contributed by atoms with van der Waals surface area (Å²) in [4.78, 5) is 15.9. The molecule has 0 unspecified atom stereocenters. The predicted octanol–water partition coefficient (Wildman–Crippen LogP) is -0.332. The molecule has 4 aliphatic carbocycles. The third-order valence-electron chi connectivity index (χ3n) is 11.2. The normalized spacial score (nSPS) is 59.8. The fourth-order valence-electron chi connectivity index (χ4n) is 9.56. The van der Waals surface area contributed by atoms with E-state index in [1.54, 1.807) is 40.0 Å². The van der Waals surface area contributed by atoms with Gasteiger partial charge in [0.2, 0.25) is 0 Å². The van der Waals surface area contributed by atoms with Gasteiger partial charge in [-0.05, 0) is 25.0 Å². The van der Waals surface area contributed by atoms with Crippen molar-refractivity contribution in [1.82, 2.24) is 4.98 Å². The van der Waals surface area contributed by atoms with Crippen LogP contribution in [0.15, 0.2) is 18.3 Å². The number of nitrogens with one attached hydrogen (secondary N) is 1. The molecule has 6 fully saturated rings. The molecule has 2 aliphatic heterocycles. The van der Waals surface area contributed by atoms with Crippen LogP contribution in [0.4, 0.5) is 0 Å². The van der Waals surface area contributed by atoms with Crippen molar-refractivity contribution in [3.8, 4) is 0 Å². The third-order valence-corrected chi connectivity index (χ3v) is 11.2. The van der Waals surface area contributed by atoms with Crippen molar-refractivity contribution < 1.29 is 44.9 Å². The van der Waals surface area contributed by atoms with Gasteiger partial charge in [-0.25, -0.2) is 4.79 Å². The second kappa shape index (κ2) is 6.12. The Hall–Kier alpha value is -1.53. The highest BCUT2D eigenvalue weighted by Crippen LogP contribution is 2.89. The molecule has 1 aromatic rings. The quantitative estimate of drug-likeness (QED) is 0.278. The van der Waals surface area contributed by atoms with E-state index in [0.29, 0.717) is 0 Å². The third kappa shape index (κ3) is 1.88. The van der Waals surface area contributed by atoms with E-state index in [0.717, 1.165) is 0 Å². The van der Waals surface area contributed by atoms with Gasteiger partial charge in [-0.15, -0.1) is 0 Å². The van der Waals surface area contributed by atoms with Crippen LogP contribution in [-0.4, -0.2) is 88.1 Å². The van der Waals surface area contributed by atoms with Gasteiger partial charge < -0.3 is 45.1 Å². The first-order chi connectivity index (χ1) is 16.0. The Morgan fingerprint density at radius 1 is 1.20 bits per heavy atom. The zero-order valence-electron chi connectivity index (χ0n) is 20.5. The molecule has 194 valence electrons. The molecule has 12 atom stereocenters. The lowest BCUT2D eigenvalue weighted by Crippen LogP contribution is -2.77. The van der Waals surface area contributed by atoms with Crippen molar-refractivity contribution in [2.24, 2.45) is 28.6 Å². The highest BCUT2D eigenvalue weighted by atomic mass is 16.7. The summed E-state index contributed by atoms with van der Waals surface area (Å²) >= 11 is 0. The van der Waals surface area contributed by atoms with E-state index in [-0.39, 0.29) is 18.5 Å². The van der Waals surface area contributed by atoms with Crippen molar-refractivity contribution in [2.75, 3.05) is 0 Å². The van der Waals surface area contributed by atoms with Crippen LogP contribution < -0.4 is 0 Å². The first-order valence-electron chi connectivity index (χ1n) is 12.4. The summed E-state index contributed by atoms with van der Waals surface area (Å²) in [5, 5.41) is 72.0. The van der Waals surface area contributed by atoms with Crippen LogP contribution in [0.3, 0.4) is 0 Å². The molecular weight excluding hydrogens is 458 g/mol. The zero-order valence-corrected chi connectivity index (χ0v) is 20.5. The first kappa shape index (κ1) is 23.8. The van der Waals surface area contributed by atoms with Crippen molar-refractivity contribution in [3.05, 3.63) is 24.0 Å². The fourth-order valence-corrected chi connectivity index (χ4v) is 9.56. The summed E-state index contributed by atoms with van der Waals surface area (Å²) in [6.45, 7) is 8.13. The van der Waals surface area contributed by atoms with Gasteiger partial charge in [0, 0.05) is 36.3 Å². The minimum absolute atomic E-state index is 0.144. The molecule has 1 spiro atoms. The number of ether oxygens (including phenoxy) is 2. The minimum Gasteiger partial charge on any atom is -0.454 e. The number of aliphatic hydroxyl groups excluding tert-OH is 2. The lowest BCUT2D eigenvalue weighted by Gasteiger charge is -2.60. The summed E-state index contributed by atoms with van der Waals surface area (Å²) in [6.07, 6.45) is -2.89. The van der Waals surface area contributed by atoms with Gasteiger partial charge in [0.25, 0.3) is 0 Å². The summed E-state index contributed by atoms with van der Waals surface area (Å²) < 4.78 is 12.2. The average Bonchev–Trinajstić information content (AvgIpc) is 3.40. The van der Waals surface area contributed by atoms with Crippen LogP contribution >= 0.6 is 0 Å². The molecule has 35 heavy (non-hydrogen) atoms. The molecule has 0 amide bonds. The smallest absolute Gasteiger partial charge is 0.355 e. The van der Waals surface area contributed by atoms with Crippen LogP contribution in [0.25, 0.3) is 0 Å². The van der Waals surface area contributed by atoms with Gasteiger partial charge in [0.1, 0.15) is 28.6 Å². The molecule has 1 aromatic heterocycles. The molecule has 7 N–H and O–H groups in total. The number of aromatic nitrogens is 1. The van der Waals surface area contributed by atoms with Crippen molar-refractivity contribution in [2.45, 2.75) is 94.0 Å². The Morgan fingerprint density at radius 3 is 2.43 bits per heavy atom. The number of aliphatic hydroxyl groups is 6. The molecule has 0 aromatic carbocycles. The van der Waals surface area contributed by atoms with Crippen LogP contribution in [0, 0.1) is 28.6 Å². The zero-order chi connectivity index (χ0) is 25.8. The monoisotopic (exact) mass is 493 g/mol. The van der Waals surface area contributed by atoms with Gasteiger partial charge >= 0.3 is 5.97 Å². The number of carbonyl (C=O) groups excluding carboxylic acids is 1. The van der Waals surface area contributed by atoms with E-state index in [1.165, 1.54) is 13.0 Å². The van der Waals surface area contributed by atoms with Crippen molar-refractivity contribution in [1.29, 1.82) is 0 Å². The summed E-state index contributed by atoms with van der Waals surface area (Å²) in [6, 6.07) is 3.14. The largest absolute Gasteiger partial charge is 0.454 e. The summed E-state index contributed by atoms with van der Waals surface area (Å²) in [7, 11) is 0. The van der Waals surface area contributed by atoms with Gasteiger partial charge in [0.15, 0.2) is 11.4 Å². The van der Waals surface area contributed by atoms with E-state index in [2.05, 4.69) is 4.98 Å². The summed E-state index contributed by atoms with van der Waals surface area (Å²) in [5.41, 5.74) is -11.4. The number of aromatic amines is 1. The Balaban J connectivity index is 1.65. The van der Waals surface area contributed by atoms with Crippen LogP contribution in [0.1, 0.15) is 57.9 Å². The Labute approximate surface area is 202 Å². The Kier molecular flexibility index (Phi) is 4.17. The van der Waals surface area contributed by atoms with Gasteiger partial charge in [-0.2, -0.15) is 0 Å². The fraction of sp³-hybridized carbons (Fsp3) is 0.800. The second-order valence-electron chi connectivity index (χ2n) is 12.4. The number of esters is 1. The predicted molar refractivity (Wildman–Crippen MR) is 119 cm³/mol. The SMILES string of the molecule is CC(C)[C@@]1(O)[C@@H](OC(=O)c2ccc[nH]2)[C@@H]2[C@@]3(O)[C@]45O[C@@](O)(C[C@@]2(C)[C@@]4(O)C[C@H](O)[C@H](C)[C@H]5O)[C@]31C. The lowest BCUT2D eigenvalue weighted by atomic mass is 9.54. The minimum atomic E-state index is -2.20. The highest BCUT2D eigenvalue weighted by Gasteiger charge is 3.05. The second-order valence-corrected chi connectivity index (χ2v) is 12.4. The number of carbonyl (C=O) groups is 1. The van der Waals surface area contributed by atoms with Crippen molar-refractivity contribution in [3.63, 3.8) is 0 Å². The topological polar surface area (TPSA) is 173 Å². The molecule has 4 saturated carbocycles. The van der Waals surface area contributed by atoms with Crippen LogP contribution in [0.5, 0.6) is 0 Å². The number of H-pyrrole nitrogens is 1. The van der Waals surface area contributed by atoms with E-state index >= 15 is 0 Å². The standard InChI is InChI=1S/C25H35NO9/c1-11(2)23(32)17(34-18(29)13-7-6-8-26-13)15-19(4)10-22(31)20(23,5)24(15,33)25(35-22)16(28)12(3)14(27)9-21(19,25)30/h6-8,11-12,14-17,26-28,30-33H,9-10H2,1-5H3/t12-,14-,15-,16+,17-,19+,20-,21-,22-,23+,24-,25+/m0/s1. The highest BCUT2D eigenvalue weighted by molar-refractivity contribution is 5.87. The van der Waals surface area contributed by atoms with E-state index in [9.17, 15) is 35.4 Å². The Bertz CT molecular complexity index is 1110. The van der Waals surface area contributed by atoms with Crippen molar-refractivity contribution >= 4 is 5.97 Å². The molecule has 7 rings (SSSR count). The molecule has 3 heterocycles. The van der Waals surface area contributed by atoms with Crippen LogP contribution in [0.2, 0.25) is 0 Å². The molecule has 10 heteroatoms. The molecule has 2 saturated heterocycles. The molecule has 6 aliphatic rings. The van der Waals surface area contributed by atoms with Gasteiger partial charge in [-0.1, -0.05) is 27.7 Å².